The summed E-state index contributed by atoms with van der Waals surface area (Å²) in [6, 6.07) is 1.66. The van der Waals surface area contributed by atoms with E-state index >= 15 is 0 Å². The molecule has 1 saturated carbocycles. The van der Waals surface area contributed by atoms with Gasteiger partial charge in [0.2, 0.25) is 0 Å². The van der Waals surface area contributed by atoms with Gasteiger partial charge in [-0.15, -0.1) is 0 Å². The third-order valence-electron chi connectivity index (χ3n) is 3.51. The van der Waals surface area contributed by atoms with Crippen LogP contribution in [0.5, 0.6) is 0 Å². The maximum Gasteiger partial charge on any atom is 0.00989 e. The lowest BCUT2D eigenvalue weighted by Crippen LogP contribution is -2.32. The number of hydrogen-bond donors (Lipinski definition) is 1. The third-order valence-corrected chi connectivity index (χ3v) is 3.51. The number of nitrogens with zero attached hydrogens (tertiary/aromatic N) is 1. The molecular formula is C11H22N2. The molecule has 0 radical (unpaired) electrons. The zero-order chi connectivity index (χ0) is 9.26. The summed E-state index contributed by atoms with van der Waals surface area (Å²) < 4.78 is 0. The lowest BCUT2D eigenvalue weighted by atomic mass is 10.1. The van der Waals surface area contributed by atoms with Crippen molar-refractivity contribution in [2.75, 3.05) is 20.1 Å². The summed E-state index contributed by atoms with van der Waals surface area (Å²) in [7, 11) is 2.24. The second-order valence-electron chi connectivity index (χ2n) is 4.92. The SMILES string of the molecule is CC1CC1NC1CCCN(C)CC1. The Hall–Kier alpha value is -0.0800. The topological polar surface area (TPSA) is 15.3 Å². The van der Waals surface area contributed by atoms with E-state index in [1.165, 1.54) is 38.8 Å². The predicted octanol–water partition coefficient (Wildman–Crippen LogP) is 1.47. The minimum absolute atomic E-state index is 0.805. The van der Waals surface area contributed by atoms with Crippen molar-refractivity contribution in [2.24, 2.45) is 5.92 Å². The van der Waals surface area contributed by atoms with E-state index in [-0.39, 0.29) is 0 Å². The normalized spacial score (nSPS) is 41.5. The van der Waals surface area contributed by atoms with Gasteiger partial charge in [-0.3, -0.25) is 0 Å². The Balaban J connectivity index is 1.72. The molecule has 0 aromatic heterocycles. The maximum atomic E-state index is 3.78. The molecule has 0 spiro atoms. The van der Waals surface area contributed by atoms with E-state index in [0.29, 0.717) is 0 Å². The average Bonchev–Trinajstić information content (AvgIpc) is 2.80. The number of rotatable bonds is 2. The fraction of sp³-hybridized carbons (Fsp3) is 1.00. The first-order valence-corrected chi connectivity index (χ1v) is 5.70. The molecule has 3 unspecified atom stereocenters. The van der Waals surface area contributed by atoms with Gasteiger partial charge in [-0.25, -0.2) is 0 Å². The summed E-state index contributed by atoms with van der Waals surface area (Å²) in [5.41, 5.74) is 0. The molecule has 3 atom stereocenters. The fourth-order valence-corrected chi connectivity index (χ4v) is 2.26. The van der Waals surface area contributed by atoms with Crippen LogP contribution in [0.25, 0.3) is 0 Å². The highest BCUT2D eigenvalue weighted by Gasteiger charge is 2.34. The van der Waals surface area contributed by atoms with Gasteiger partial charge in [0, 0.05) is 12.1 Å². The van der Waals surface area contributed by atoms with Crippen LogP contribution in [0.3, 0.4) is 0 Å². The molecule has 2 aliphatic rings. The first kappa shape index (κ1) is 9.47. The van der Waals surface area contributed by atoms with Crippen LogP contribution >= 0.6 is 0 Å². The summed E-state index contributed by atoms with van der Waals surface area (Å²) in [6.45, 7) is 4.91. The first-order valence-electron chi connectivity index (χ1n) is 5.70. The Labute approximate surface area is 81.7 Å². The van der Waals surface area contributed by atoms with Crippen LogP contribution in [0.2, 0.25) is 0 Å². The minimum atomic E-state index is 0.805. The van der Waals surface area contributed by atoms with Gasteiger partial charge in [0.25, 0.3) is 0 Å². The van der Waals surface area contributed by atoms with E-state index in [1.54, 1.807) is 0 Å². The molecule has 1 N–H and O–H groups in total. The van der Waals surface area contributed by atoms with E-state index < -0.39 is 0 Å². The number of likely N-dealkylation sites (tertiary alicyclic amines) is 1. The Morgan fingerprint density at radius 3 is 2.69 bits per heavy atom. The molecule has 0 aromatic rings. The second kappa shape index (κ2) is 3.97. The highest BCUT2D eigenvalue weighted by Crippen LogP contribution is 2.30. The van der Waals surface area contributed by atoms with Crippen LogP contribution in [0.4, 0.5) is 0 Å². The molecule has 0 amide bonds. The Kier molecular flexibility index (Phi) is 2.89. The number of hydrogen-bond acceptors (Lipinski definition) is 2. The maximum absolute atomic E-state index is 3.78. The molecule has 76 valence electrons. The van der Waals surface area contributed by atoms with Crippen molar-refractivity contribution >= 4 is 0 Å². The van der Waals surface area contributed by atoms with E-state index in [1.807, 2.05) is 0 Å². The average molecular weight is 182 g/mol. The molecule has 2 fully saturated rings. The Morgan fingerprint density at radius 1 is 1.23 bits per heavy atom. The molecule has 2 heteroatoms. The van der Waals surface area contributed by atoms with E-state index in [0.717, 1.165) is 18.0 Å². The van der Waals surface area contributed by atoms with Crippen LogP contribution < -0.4 is 5.32 Å². The Bertz CT molecular complexity index is 169. The highest BCUT2D eigenvalue weighted by atomic mass is 15.1. The minimum Gasteiger partial charge on any atom is -0.311 e. The molecule has 13 heavy (non-hydrogen) atoms. The van der Waals surface area contributed by atoms with Crippen LogP contribution in [0.1, 0.15) is 32.6 Å². The summed E-state index contributed by atoms with van der Waals surface area (Å²) >= 11 is 0. The third kappa shape index (κ3) is 2.68. The standard InChI is InChI=1S/C11H22N2/c1-9-8-11(9)12-10-4-3-6-13(2)7-5-10/h9-12H,3-8H2,1-2H3. The predicted molar refractivity (Wildman–Crippen MR) is 55.8 cm³/mol. The molecule has 1 aliphatic carbocycles. The van der Waals surface area contributed by atoms with E-state index in [2.05, 4.69) is 24.2 Å². The van der Waals surface area contributed by atoms with Gasteiger partial charge in [0.15, 0.2) is 0 Å². The molecule has 0 aromatic carbocycles. The van der Waals surface area contributed by atoms with Gasteiger partial charge in [0.05, 0.1) is 0 Å². The summed E-state index contributed by atoms with van der Waals surface area (Å²) in [4.78, 5) is 2.46. The zero-order valence-corrected chi connectivity index (χ0v) is 8.92. The van der Waals surface area contributed by atoms with Crippen LogP contribution in [0.15, 0.2) is 0 Å². The van der Waals surface area contributed by atoms with Gasteiger partial charge in [-0.1, -0.05) is 6.92 Å². The van der Waals surface area contributed by atoms with Crippen LogP contribution in [0, 0.1) is 5.92 Å². The molecule has 2 nitrogen and oxygen atoms in total. The zero-order valence-electron chi connectivity index (χ0n) is 8.92. The first-order chi connectivity index (χ1) is 6.25. The van der Waals surface area contributed by atoms with Crippen molar-refractivity contribution in [3.8, 4) is 0 Å². The lowest BCUT2D eigenvalue weighted by Gasteiger charge is -2.16. The van der Waals surface area contributed by atoms with Gasteiger partial charge in [-0.05, 0) is 51.7 Å². The van der Waals surface area contributed by atoms with Gasteiger partial charge in [-0.2, -0.15) is 0 Å². The van der Waals surface area contributed by atoms with Gasteiger partial charge in [0.1, 0.15) is 0 Å². The smallest absolute Gasteiger partial charge is 0.00989 e. The quantitative estimate of drug-likeness (QED) is 0.695. The molecule has 1 heterocycles. The number of nitrogens with one attached hydrogen (secondary N) is 1. The van der Waals surface area contributed by atoms with Crippen molar-refractivity contribution in [2.45, 2.75) is 44.7 Å². The summed E-state index contributed by atoms with van der Waals surface area (Å²) in [5, 5.41) is 3.78. The fourth-order valence-electron chi connectivity index (χ4n) is 2.26. The molecule has 2 rings (SSSR count). The molecular weight excluding hydrogens is 160 g/mol. The monoisotopic (exact) mass is 182 g/mol. The van der Waals surface area contributed by atoms with Crippen molar-refractivity contribution in [3.05, 3.63) is 0 Å². The van der Waals surface area contributed by atoms with Crippen LogP contribution in [-0.4, -0.2) is 37.1 Å². The summed E-state index contributed by atoms with van der Waals surface area (Å²) in [5.74, 6) is 0.945. The van der Waals surface area contributed by atoms with E-state index in [9.17, 15) is 0 Å². The highest BCUT2D eigenvalue weighted by molar-refractivity contribution is 4.92. The molecule has 0 bridgehead atoms. The van der Waals surface area contributed by atoms with Gasteiger partial charge < -0.3 is 10.2 Å². The van der Waals surface area contributed by atoms with Crippen molar-refractivity contribution < 1.29 is 0 Å². The van der Waals surface area contributed by atoms with Crippen LogP contribution in [-0.2, 0) is 0 Å². The lowest BCUT2D eigenvalue weighted by molar-refractivity contribution is 0.343. The Morgan fingerprint density at radius 2 is 2.00 bits per heavy atom. The largest absolute Gasteiger partial charge is 0.311 e. The molecule has 1 aliphatic heterocycles. The van der Waals surface area contributed by atoms with Crippen molar-refractivity contribution in [3.63, 3.8) is 0 Å². The van der Waals surface area contributed by atoms with Crippen molar-refractivity contribution in [1.82, 2.24) is 10.2 Å². The van der Waals surface area contributed by atoms with Gasteiger partial charge >= 0.3 is 0 Å². The molecule has 1 saturated heterocycles. The summed E-state index contributed by atoms with van der Waals surface area (Å²) in [6.07, 6.45) is 5.51. The van der Waals surface area contributed by atoms with E-state index in [4.69, 9.17) is 0 Å². The second-order valence-corrected chi connectivity index (χ2v) is 4.92. The van der Waals surface area contributed by atoms with Crippen molar-refractivity contribution in [1.29, 1.82) is 0 Å².